The molecule has 1 aromatic rings. The van der Waals surface area contributed by atoms with Crippen LogP contribution in [0.1, 0.15) is 36.5 Å². The van der Waals surface area contributed by atoms with Crippen LogP contribution in [0.3, 0.4) is 0 Å². The summed E-state index contributed by atoms with van der Waals surface area (Å²) in [6, 6.07) is 0.630. The van der Waals surface area contributed by atoms with Gasteiger partial charge in [-0.3, -0.25) is 0 Å². The molecule has 0 aliphatic heterocycles. The van der Waals surface area contributed by atoms with E-state index in [9.17, 15) is 0 Å². The van der Waals surface area contributed by atoms with Gasteiger partial charge in [0.1, 0.15) is 5.01 Å². The Kier molecular flexibility index (Phi) is 3.91. The van der Waals surface area contributed by atoms with Crippen LogP contribution in [-0.2, 0) is 11.3 Å². The number of ether oxygens (including phenoxy) is 1. The predicted molar refractivity (Wildman–Crippen MR) is 65.4 cm³/mol. The predicted octanol–water partition coefficient (Wildman–Crippen LogP) is 1.43. The molecule has 1 aliphatic carbocycles. The molecule has 2 rings (SSSR count). The van der Waals surface area contributed by atoms with E-state index in [0.29, 0.717) is 12.1 Å². The Balaban J connectivity index is 1.73. The molecular formula is C11H19N3OS. The summed E-state index contributed by atoms with van der Waals surface area (Å²) in [5.74, 6) is 0. The van der Waals surface area contributed by atoms with E-state index in [2.05, 4.69) is 15.7 Å². The molecule has 1 atom stereocenters. The molecule has 1 aromatic heterocycles. The number of thiazole rings is 1. The van der Waals surface area contributed by atoms with Gasteiger partial charge in [-0.15, -0.1) is 11.3 Å². The SMILES string of the molecule is COC1CC(NCc2csc(C(C)N)n2)C1. The molecule has 0 bridgehead atoms. The van der Waals surface area contributed by atoms with Gasteiger partial charge in [0.2, 0.25) is 0 Å². The first kappa shape index (κ1) is 12.0. The summed E-state index contributed by atoms with van der Waals surface area (Å²) in [6.45, 7) is 2.80. The first-order valence-electron chi connectivity index (χ1n) is 5.65. The highest BCUT2D eigenvalue weighted by Gasteiger charge is 2.28. The van der Waals surface area contributed by atoms with E-state index in [1.54, 1.807) is 18.4 Å². The number of nitrogens with two attached hydrogens (primary N) is 1. The smallest absolute Gasteiger partial charge is 0.109 e. The van der Waals surface area contributed by atoms with Gasteiger partial charge in [0.15, 0.2) is 0 Å². The zero-order valence-electron chi connectivity index (χ0n) is 9.77. The fourth-order valence-electron chi connectivity index (χ4n) is 1.79. The van der Waals surface area contributed by atoms with Gasteiger partial charge < -0.3 is 15.8 Å². The molecule has 0 aromatic carbocycles. The Morgan fingerprint density at radius 1 is 1.69 bits per heavy atom. The maximum Gasteiger partial charge on any atom is 0.109 e. The van der Waals surface area contributed by atoms with E-state index >= 15 is 0 Å². The third-order valence-corrected chi connectivity index (χ3v) is 4.05. The Bertz CT molecular complexity index is 334. The monoisotopic (exact) mass is 241 g/mol. The average Bonchev–Trinajstić information content (AvgIpc) is 2.64. The minimum absolute atomic E-state index is 0.0420. The summed E-state index contributed by atoms with van der Waals surface area (Å²) in [5.41, 5.74) is 6.86. The summed E-state index contributed by atoms with van der Waals surface area (Å²) in [6.07, 6.45) is 2.68. The molecular weight excluding hydrogens is 222 g/mol. The largest absolute Gasteiger partial charge is 0.381 e. The highest BCUT2D eigenvalue weighted by atomic mass is 32.1. The molecule has 5 heteroatoms. The van der Waals surface area contributed by atoms with Gasteiger partial charge in [-0.2, -0.15) is 0 Å². The standard InChI is InChI=1S/C11H19N3OS/c1-7(12)11-14-9(6-16-11)5-13-8-3-10(4-8)15-2/h6-8,10,13H,3-5,12H2,1-2H3. The van der Waals surface area contributed by atoms with Gasteiger partial charge in [0.25, 0.3) is 0 Å². The molecule has 0 saturated heterocycles. The molecule has 1 unspecified atom stereocenters. The Morgan fingerprint density at radius 2 is 2.44 bits per heavy atom. The number of hydrogen-bond donors (Lipinski definition) is 2. The average molecular weight is 241 g/mol. The number of nitrogens with zero attached hydrogens (tertiary/aromatic N) is 1. The van der Waals surface area contributed by atoms with Crippen molar-refractivity contribution in [2.24, 2.45) is 5.73 Å². The number of methoxy groups -OCH3 is 1. The summed E-state index contributed by atoms with van der Waals surface area (Å²) in [4.78, 5) is 4.48. The first-order valence-corrected chi connectivity index (χ1v) is 6.53. The zero-order chi connectivity index (χ0) is 11.5. The Morgan fingerprint density at radius 3 is 3.00 bits per heavy atom. The van der Waals surface area contributed by atoms with E-state index in [1.807, 2.05) is 6.92 Å². The Labute approximate surface area is 100 Å². The molecule has 1 aliphatic rings. The zero-order valence-corrected chi connectivity index (χ0v) is 10.6. The van der Waals surface area contributed by atoms with Crippen LogP contribution in [-0.4, -0.2) is 24.2 Å². The second-order valence-electron chi connectivity index (χ2n) is 4.37. The fourth-order valence-corrected chi connectivity index (χ4v) is 2.56. The number of hydrogen-bond acceptors (Lipinski definition) is 5. The molecule has 1 fully saturated rings. The fraction of sp³-hybridized carbons (Fsp3) is 0.727. The van der Waals surface area contributed by atoms with Crippen molar-refractivity contribution >= 4 is 11.3 Å². The molecule has 4 nitrogen and oxygen atoms in total. The molecule has 16 heavy (non-hydrogen) atoms. The minimum Gasteiger partial charge on any atom is -0.381 e. The van der Waals surface area contributed by atoms with Crippen LogP contribution in [0.4, 0.5) is 0 Å². The van der Waals surface area contributed by atoms with Crippen LogP contribution in [0.15, 0.2) is 5.38 Å². The topological polar surface area (TPSA) is 60.2 Å². The van der Waals surface area contributed by atoms with Crippen molar-refractivity contribution in [1.82, 2.24) is 10.3 Å². The lowest BCUT2D eigenvalue weighted by molar-refractivity contribution is 0.0169. The van der Waals surface area contributed by atoms with Crippen LogP contribution in [0.5, 0.6) is 0 Å². The number of nitrogens with one attached hydrogen (secondary N) is 1. The highest BCUT2D eigenvalue weighted by Crippen LogP contribution is 2.23. The number of aromatic nitrogens is 1. The third-order valence-electron chi connectivity index (χ3n) is 2.96. The maximum absolute atomic E-state index is 5.77. The Hall–Kier alpha value is -0.490. The van der Waals surface area contributed by atoms with Crippen LogP contribution in [0.25, 0.3) is 0 Å². The van der Waals surface area contributed by atoms with E-state index in [0.717, 1.165) is 30.1 Å². The van der Waals surface area contributed by atoms with Crippen molar-refractivity contribution in [3.05, 3.63) is 16.1 Å². The van der Waals surface area contributed by atoms with Crippen molar-refractivity contribution in [2.45, 2.75) is 44.5 Å². The minimum atomic E-state index is 0.0420. The van der Waals surface area contributed by atoms with Gasteiger partial charge in [0, 0.05) is 25.1 Å². The second kappa shape index (κ2) is 5.23. The molecule has 3 N–H and O–H groups in total. The highest BCUT2D eigenvalue weighted by molar-refractivity contribution is 7.09. The van der Waals surface area contributed by atoms with Gasteiger partial charge in [-0.05, 0) is 19.8 Å². The normalized spacial score (nSPS) is 26.4. The van der Waals surface area contributed by atoms with Gasteiger partial charge in [-0.25, -0.2) is 4.98 Å². The van der Waals surface area contributed by atoms with E-state index < -0.39 is 0 Å². The summed E-state index contributed by atoms with van der Waals surface area (Å²) in [5, 5.41) is 6.57. The summed E-state index contributed by atoms with van der Waals surface area (Å²) >= 11 is 1.64. The van der Waals surface area contributed by atoms with Crippen molar-refractivity contribution < 1.29 is 4.74 Å². The van der Waals surface area contributed by atoms with Crippen molar-refractivity contribution in [1.29, 1.82) is 0 Å². The quantitative estimate of drug-likeness (QED) is 0.818. The van der Waals surface area contributed by atoms with Crippen LogP contribution < -0.4 is 11.1 Å². The van der Waals surface area contributed by atoms with Gasteiger partial charge in [-0.1, -0.05) is 0 Å². The van der Waals surface area contributed by atoms with E-state index in [-0.39, 0.29) is 6.04 Å². The van der Waals surface area contributed by atoms with E-state index in [4.69, 9.17) is 10.5 Å². The van der Waals surface area contributed by atoms with Crippen molar-refractivity contribution in [2.75, 3.05) is 7.11 Å². The third kappa shape index (κ3) is 2.79. The van der Waals surface area contributed by atoms with Crippen LogP contribution in [0, 0.1) is 0 Å². The summed E-state index contributed by atoms with van der Waals surface area (Å²) in [7, 11) is 1.77. The first-order chi connectivity index (χ1) is 7.69. The van der Waals surface area contributed by atoms with Crippen LogP contribution >= 0.6 is 11.3 Å². The molecule has 1 saturated carbocycles. The molecule has 90 valence electrons. The lowest BCUT2D eigenvalue weighted by Crippen LogP contribution is -2.44. The molecule has 0 spiro atoms. The van der Waals surface area contributed by atoms with Crippen molar-refractivity contribution in [3.8, 4) is 0 Å². The molecule has 1 heterocycles. The van der Waals surface area contributed by atoms with Gasteiger partial charge in [0.05, 0.1) is 17.8 Å². The lowest BCUT2D eigenvalue weighted by atomic mass is 9.89. The lowest BCUT2D eigenvalue weighted by Gasteiger charge is -2.34. The van der Waals surface area contributed by atoms with Gasteiger partial charge >= 0.3 is 0 Å². The van der Waals surface area contributed by atoms with Crippen LogP contribution in [0.2, 0.25) is 0 Å². The van der Waals surface area contributed by atoms with E-state index in [1.165, 1.54) is 0 Å². The molecule has 0 radical (unpaired) electrons. The second-order valence-corrected chi connectivity index (χ2v) is 5.26. The van der Waals surface area contributed by atoms with Crippen molar-refractivity contribution in [3.63, 3.8) is 0 Å². The number of rotatable bonds is 5. The maximum atomic E-state index is 5.77. The summed E-state index contributed by atoms with van der Waals surface area (Å²) < 4.78 is 5.23. The molecule has 0 amide bonds.